The van der Waals surface area contributed by atoms with E-state index in [-0.39, 0.29) is 18.2 Å². The Morgan fingerprint density at radius 2 is 0.691 bits per heavy atom. The summed E-state index contributed by atoms with van der Waals surface area (Å²) in [7, 11) is -12.4. The Balaban J connectivity index is 0.000000156. The predicted molar refractivity (Wildman–Crippen MR) is 548 cm³/mol. The van der Waals surface area contributed by atoms with Gasteiger partial charge in [-0.15, -0.1) is 0 Å². The Morgan fingerprint density at radius 1 is 0.367 bits per heavy atom. The van der Waals surface area contributed by atoms with Crippen LogP contribution in [0.15, 0.2) is 170 Å². The fourth-order valence-electron chi connectivity index (χ4n) is 17.8. The number of ether oxygens (including phenoxy) is 8. The largest absolute Gasteiger partial charge is 0.493 e. The maximum atomic E-state index is 11.6. The number of halogens is 4. The maximum Gasteiger partial charge on any atom is 0.211 e. The minimum absolute atomic E-state index is 0.0275. The summed E-state index contributed by atoms with van der Waals surface area (Å²) >= 11 is 25.8. The molecule has 12 aromatic rings. The molecule has 36 heteroatoms. The number of nitriles is 4. The number of sulfone groups is 1. The molecule has 139 heavy (non-hydrogen) atoms. The van der Waals surface area contributed by atoms with Crippen molar-refractivity contribution >= 4 is 130 Å². The molecule has 3 aliphatic carbocycles. The van der Waals surface area contributed by atoms with Crippen molar-refractivity contribution in [2.45, 2.75) is 149 Å². The molecule has 0 radical (unpaired) electrons. The smallest absolute Gasteiger partial charge is 0.211 e. The van der Waals surface area contributed by atoms with Gasteiger partial charge in [0.15, 0.2) is 23.0 Å². The molecule has 0 unspecified atom stereocenters. The van der Waals surface area contributed by atoms with E-state index in [4.69, 9.17) is 84.3 Å². The summed E-state index contributed by atoms with van der Waals surface area (Å²) < 4.78 is 154. The van der Waals surface area contributed by atoms with E-state index in [9.17, 15) is 54.7 Å². The van der Waals surface area contributed by atoms with Crippen LogP contribution >= 0.6 is 46.4 Å². The molecule has 0 spiro atoms. The summed E-state index contributed by atoms with van der Waals surface area (Å²) in [6, 6.07) is 54.8. The summed E-state index contributed by atoms with van der Waals surface area (Å²) in [4.78, 5) is 2.21. The summed E-state index contributed by atoms with van der Waals surface area (Å²) in [6.45, 7) is 15.0. The van der Waals surface area contributed by atoms with Gasteiger partial charge in [-0.2, -0.15) is 25.4 Å². The zero-order valence-electron chi connectivity index (χ0n) is 79.3. The minimum atomic E-state index is -3.22. The van der Waals surface area contributed by atoms with Gasteiger partial charge in [0, 0.05) is 127 Å². The molecule has 2 atom stereocenters. The van der Waals surface area contributed by atoms with Crippen molar-refractivity contribution in [3.8, 4) is 93.0 Å². The van der Waals surface area contributed by atoms with Crippen LogP contribution in [0, 0.1) is 63.1 Å². The first-order valence-electron chi connectivity index (χ1n) is 46.9. The number of benzene rings is 8. The third-order valence-electron chi connectivity index (χ3n) is 24.8. The van der Waals surface area contributed by atoms with Crippen LogP contribution in [-0.2, 0) is 39.9 Å². The molecule has 0 bridgehead atoms. The van der Waals surface area contributed by atoms with Gasteiger partial charge in [0.25, 0.3) is 0 Å². The predicted octanol–water partition coefficient (Wildman–Crippen LogP) is 20.7. The molecule has 4 aromatic heterocycles. The van der Waals surface area contributed by atoms with E-state index in [1.54, 1.807) is 36.4 Å². The Bertz CT molecular complexity index is 7000. The summed E-state index contributed by atoms with van der Waals surface area (Å²) in [6.07, 6.45) is 26.8. The van der Waals surface area contributed by atoms with Crippen LogP contribution in [-0.4, -0.2) is 189 Å². The zero-order chi connectivity index (χ0) is 99.3. The fraction of sp³-hybridized carbons (Fsp3) is 0.417. The molecular formula is C103H118Cl4N12O16S4. The number of hydrogen-bond donors (Lipinski definition) is 2. The van der Waals surface area contributed by atoms with E-state index >= 15 is 0 Å². The monoisotopic (exact) mass is 2050 g/mol. The number of hydrogen-bond acceptors (Lipinski definition) is 21. The first-order chi connectivity index (χ1) is 66.6. The van der Waals surface area contributed by atoms with Crippen molar-refractivity contribution in [3.63, 3.8) is 0 Å². The molecule has 3 saturated carbocycles. The normalized spacial score (nSPS) is 17.5. The lowest BCUT2D eigenvalue weighted by molar-refractivity contribution is 0.159. The van der Waals surface area contributed by atoms with Crippen LogP contribution in [0.25, 0.3) is 66.4 Å². The first kappa shape index (κ1) is 105. The zero-order valence-corrected chi connectivity index (χ0v) is 85.6. The topological polar surface area (TPSA) is 356 Å². The number of fused-ring (bicyclic) bond motifs is 4. The second-order valence-corrected chi connectivity index (χ2v) is 45.1. The highest BCUT2D eigenvalue weighted by molar-refractivity contribution is 7.90. The van der Waals surface area contributed by atoms with E-state index in [0.29, 0.717) is 168 Å². The molecule has 16 rings (SSSR count). The molecule has 4 aliphatic rings. The van der Waals surface area contributed by atoms with Crippen LogP contribution in [0.2, 0.25) is 20.1 Å². The highest BCUT2D eigenvalue weighted by atomic mass is 35.5. The number of rotatable bonds is 36. The van der Waals surface area contributed by atoms with Crippen LogP contribution in [0.1, 0.15) is 153 Å². The molecule has 0 amide bonds. The second kappa shape index (κ2) is 48.5. The van der Waals surface area contributed by atoms with Gasteiger partial charge in [0.2, 0.25) is 30.1 Å². The molecule has 8 aromatic carbocycles. The van der Waals surface area contributed by atoms with E-state index in [0.717, 1.165) is 192 Å². The quantitative estimate of drug-likeness (QED) is 0.0368. The highest BCUT2D eigenvalue weighted by Gasteiger charge is 2.31. The van der Waals surface area contributed by atoms with Gasteiger partial charge >= 0.3 is 0 Å². The van der Waals surface area contributed by atoms with Gasteiger partial charge in [-0.1, -0.05) is 86.9 Å². The first-order valence-corrected chi connectivity index (χ1v) is 56.1. The van der Waals surface area contributed by atoms with Gasteiger partial charge < -0.3 is 56.2 Å². The third kappa shape index (κ3) is 28.9. The number of piperazine rings is 1. The summed E-state index contributed by atoms with van der Waals surface area (Å²) in [5.74, 6) is 6.54. The Morgan fingerprint density at radius 3 is 1.03 bits per heavy atom. The van der Waals surface area contributed by atoms with E-state index in [1.807, 2.05) is 180 Å². The SMILES string of the molecule is CCCOc1c(Cl)cc(-n2ccc3cc(OCC4CCC(CCS(C)(=O)=O)CC4)ccc32)cc1C#N.CCCOc1c(Cl)cc(-n2ccc3cc(OCC4CCC(NS(C)(=O)=O)CC4)ccc32)cc1C#N.CCCOc1c(Cl)cc(-n2ccc3cc(OCCN4CCN(S(C)(=O)=O)CC4)ccc32)cc1C#N.CCCOc1c(Cl)cc(-n2ccc3cc(O[C@@H]4CC[C@@H](NS(C)(=O)=O)C4)ccc32)cc1C#N. The molecule has 5 heterocycles. The van der Waals surface area contributed by atoms with Crippen LogP contribution in [0.4, 0.5) is 0 Å². The average molecular weight is 2050 g/mol. The van der Waals surface area contributed by atoms with E-state index in [1.165, 1.54) is 29.3 Å². The summed E-state index contributed by atoms with van der Waals surface area (Å²) in [5, 5.41) is 44.1. The molecule has 28 nitrogen and oxygen atoms in total. The lowest BCUT2D eigenvalue weighted by Gasteiger charge is -2.33. The average Bonchev–Trinajstić information content (AvgIpc) is 1.67. The lowest BCUT2D eigenvalue weighted by Crippen LogP contribution is -2.49. The molecule has 1 saturated heterocycles. The maximum absolute atomic E-state index is 11.6. The molecular weight excluding hydrogens is 1930 g/mol. The van der Waals surface area contributed by atoms with Crippen LogP contribution in [0.3, 0.4) is 0 Å². The van der Waals surface area contributed by atoms with E-state index in [2.05, 4.69) is 38.6 Å². The Kier molecular flexibility index (Phi) is 36.8. The number of nitrogens with one attached hydrogen (secondary N) is 2. The van der Waals surface area contributed by atoms with Gasteiger partial charge in [-0.3, -0.25) is 4.90 Å². The van der Waals surface area contributed by atoms with Gasteiger partial charge in [-0.05, 0) is 247 Å². The van der Waals surface area contributed by atoms with Gasteiger partial charge in [0.05, 0.1) is 129 Å². The van der Waals surface area contributed by atoms with Gasteiger partial charge in [-0.25, -0.2) is 43.1 Å². The van der Waals surface area contributed by atoms with Crippen molar-refractivity contribution < 1.29 is 71.6 Å². The number of nitrogens with zero attached hydrogens (tertiary/aromatic N) is 10. The van der Waals surface area contributed by atoms with Crippen LogP contribution in [0.5, 0.6) is 46.0 Å². The molecule has 1 aliphatic heterocycles. The lowest BCUT2D eigenvalue weighted by atomic mass is 9.81. The van der Waals surface area contributed by atoms with Crippen LogP contribution < -0.4 is 47.3 Å². The summed E-state index contributed by atoms with van der Waals surface area (Å²) in [5.41, 5.74) is 8.67. The molecule has 738 valence electrons. The van der Waals surface area contributed by atoms with Crippen molar-refractivity contribution in [3.05, 3.63) is 213 Å². The van der Waals surface area contributed by atoms with Crippen molar-refractivity contribution in [1.82, 2.24) is 36.9 Å². The fourth-order valence-corrected chi connectivity index (χ4v) is 22.1. The Hall–Kier alpha value is -10.9. The minimum Gasteiger partial charge on any atom is -0.493 e. The molecule has 2 N–H and O–H groups in total. The molecule has 4 fully saturated rings. The standard InChI is InChI=1S/C28H33ClN2O4S.C26H30ClN3O4S.C25H29ClN4O4S.C24H26ClN3O4S/c1-3-13-34-28-23(18-30)15-24(17-26(28)29)31-12-10-22-16-25(8-9-27(22)31)35-19-21-6-4-20(5-7-21)11-14-36(2,32)33;1-3-12-33-26-20(16-28)13-22(15-24(26)27)30-11-10-19-14-23(8-9-25(19)30)34-17-18-4-6-21(7-5-18)29-35(2,31)32;1-3-13-34-25-20(18-27)15-21(17-23(25)26)30-7-6-19-16-22(4-5-24(19)30)33-14-12-28-8-10-29(11-9-28)35(2,31)32;1-3-10-31-24-17(15-26)11-19(14-22(24)25)28-9-8-16-12-20(6-7-23(16)28)32-21-5-4-18(13-21)27-33(2,29)30/h8-10,12,15-17,20-21H,3-7,11,13-14,19H2,1-2H3;8-11,13-15,18,21,29H,3-7,12,17H2,1-2H3;4-7,15-17H,3,8-14H2,1-2H3;6-9,11-12,14,18,21,27H,3-5,10,13H2,1-2H3/t;;;18-,21-/m...1/s1. The van der Waals surface area contributed by atoms with Gasteiger partial charge in [0.1, 0.15) is 69.8 Å². The highest BCUT2D eigenvalue weighted by Crippen LogP contribution is 2.42. The van der Waals surface area contributed by atoms with Crippen molar-refractivity contribution in [2.75, 3.05) is 110 Å². The van der Waals surface area contributed by atoms with Crippen molar-refractivity contribution in [2.24, 2.45) is 17.8 Å². The number of sulfonamides is 3. The number of aromatic nitrogens is 4. The third-order valence-corrected chi connectivity index (χ3v) is 29.7. The van der Waals surface area contributed by atoms with Crippen molar-refractivity contribution in [1.29, 1.82) is 21.0 Å². The van der Waals surface area contributed by atoms with E-state index < -0.39 is 39.9 Å². The Labute approximate surface area is 835 Å². The second-order valence-electron chi connectivity index (χ2n) is 35.7.